The van der Waals surface area contributed by atoms with Gasteiger partial charge >= 0.3 is 0 Å². The van der Waals surface area contributed by atoms with Crippen LogP contribution in [0, 0.1) is 11.6 Å². The van der Waals surface area contributed by atoms with Crippen LogP contribution in [0.5, 0.6) is 0 Å². The average molecular weight is 286 g/mol. The van der Waals surface area contributed by atoms with Gasteiger partial charge in [0.25, 0.3) is 5.91 Å². The van der Waals surface area contributed by atoms with Gasteiger partial charge in [0.2, 0.25) is 5.91 Å². The molecular weight excluding hydrogens is 268 g/mol. The third kappa shape index (κ3) is 4.93. The molecule has 0 aliphatic heterocycles. The maximum atomic E-state index is 13.5. The number of amides is 2. The van der Waals surface area contributed by atoms with E-state index in [1.165, 1.54) is 19.2 Å². The summed E-state index contributed by atoms with van der Waals surface area (Å²) in [5.41, 5.74) is 0.325. The fourth-order valence-corrected chi connectivity index (χ4v) is 1.62. The summed E-state index contributed by atoms with van der Waals surface area (Å²) in [4.78, 5) is 22.4. The highest BCUT2D eigenvalue weighted by molar-refractivity contribution is 5.84. The van der Waals surface area contributed by atoms with Crippen molar-refractivity contribution in [2.45, 2.75) is 13.0 Å². The molecule has 0 heterocycles. The molecule has 0 unspecified atom stereocenters. The van der Waals surface area contributed by atoms with Gasteiger partial charge in [0.1, 0.15) is 17.7 Å². The summed E-state index contributed by atoms with van der Waals surface area (Å²) in [7, 11) is 1.47. The van der Waals surface area contributed by atoms with Crippen LogP contribution >= 0.6 is 0 Å². The Bertz CT molecular complexity index is 495. The van der Waals surface area contributed by atoms with Crippen molar-refractivity contribution in [3.8, 4) is 0 Å². The zero-order valence-electron chi connectivity index (χ0n) is 11.4. The first kappa shape index (κ1) is 16.0. The van der Waals surface area contributed by atoms with E-state index < -0.39 is 11.6 Å². The van der Waals surface area contributed by atoms with Crippen molar-refractivity contribution in [3.63, 3.8) is 0 Å². The predicted octanol–water partition coefficient (Wildman–Crippen LogP) is -0.549. The molecule has 1 aromatic rings. The first-order valence-corrected chi connectivity index (χ1v) is 6.19. The van der Waals surface area contributed by atoms with Crippen molar-refractivity contribution in [3.05, 3.63) is 35.4 Å². The van der Waals surface area contributed by atoms with E-state index in [-0.39, 0.29) is 30.9 Å². The van der Waals surface area contributed by atoms with Crippen molar-refractivity contribution >= 4 is 11.8 Å². The number of carbonyl (C=O) groups is 2. The van der Waals surface area contributed by atoms with Gasteiger partial charge in [0.05, 0.1) is 6.54 Å². The Kier molecular flexibility index (Phi) is 6.05. The number of benzene rings is 1. The topological polar surface area (TPSA) is 74.8 Å². The van der Waals surface area contributed by atoms with Gasteiger partial charge in [-0.15, -0.1) is 0 Å². The van der Waals surface area contributed by atoms with Crippen LogP contribution in [0.25, 0.3) is 0 Å². The molecule has 0 saturated heterocycles. The monoisotopic (exact) mass is 286 g/mol. The number of likely N-dealkylation sites (N-methyl/N-ethyl adjacent to an activating group) is 1. The number of hydrogen-bond donors (Lipinski definition) is 3. The van der Waals surface area contributed by atoms with Crippen molar-refractivity contribution in [2.75, 3.05) is 20.1 Å². The highest BCUT2D eigenvalue weighted by Crippen LogP contribution is 2.14. The number of halogens is 2. The number of quaternary nitrogens is 1. The molecule has 0 spiro atoms. The van der Waals surface area contributed by atoms with E-state index in [9.17, 15) is 18.4 Å². The number of hydrogen-bond acceptors (Lipinski definition) is 2. The molecule has 0 radical (unpaired) electrons. The van der Waals surface area contributed by atoms with Crippen LogP contribution in [-0.4, -0.2) is 32.0 Å². The summed E-state index contributed by atoms with van der Waals surface area (Å²) in [6.07, 6.45) is 0. The third-order valence-corrected chi connectivity index (χ3v) is 2.83. The number of carbonyl (C=O) groups excluding carboxylic acids is 2. The molecule has 0 bridgehead atoms. The van der Waals surface area contributed by atoms with E-state index in [0.717, 1.165) is 6.07 Å². The van der Waals surface area contributed by atoms with E-state index in [1.54, 1.807) is 12.2 Å². The smallest absolute Gasteiger partial charge is 0.275 e. The quantitative estimate of drug-likeness (QED) is 0.656. The molecule has 1 rings (SSSR count). The van der Waals surface area contributed by atoms with Gasteiger partial charge in [-0.2, -0.15) is 0 Å². The number of nitrogens with two attached hydrogens (primary N) is 1. The molecule has 5 nitrogen and oxygen atoms in total. The molecular formula is C13H18F2N3O2+. The summed E-state index contributed by atoms with van der Waals surface area (Å²) < 4.78 is 26.3. The van der Waals surface area contributed by atoms with E-state index in [0.29, 0.717) is 5.56 Å². The Hall–Kier alpha value is -2.02. The van der Waals surface area contributed by atoms with E-state index in [1.807, 2.05) is 0 Å². The van der Waals surface area contributed by atoms with Gasteiger partial charge in [-0.25, -0.2) is 8.78 Å². The second-order valence-corrected chi connectivity index (χ2v) is 4.34. The maximum absolute atomic E-state index is 13.5. The number of nitrogens with one attached hydrogen (secondary N) is 2. The van der Waals surface area contributed by atoms with Crippen LogP contribution < -0.4 is 16.0 Å². The predicted molar refractivity (Wildman–Crippen MR) is 68.6 cm³/mol. The maximum Gasteiger partial charge on any atom is 0.275 e. The van der Waals surface area contributed by atoms with Crippen molar-refractivity contribution in [1.29, 1.82) is 0 Å². The Labute approximate surface area is 115 Å². The minimum Gasteiger partial charge on any atom is -0.358 e. The van der Waals surface area contributed by atoms with Crippen molar-refractivity contribution in [2.24, 2.45) is 0 Å². The van der Waals surface area contributed by atoms with E-state index >= 15 is 0 Å². The van der Waals surface area contributed by atoms with Gasteiger partial charge in [-0.3, -0.25) is 9.59 Å². The second-order valence-electron chi connectivity index (χ2n) is 4.34. The standard InChI is InChI=1S/C13H17F2N3O2/c1-8(10-4-3-9(14)5-11(10)15)17-7-13(20)18-6-12(19)16-2/h3-5,8,17H,6-7H2,1-2H3,(H,16,19)(H,18,20)/p+1/t8-/m0/s1. The summed E-state index contributed by atoms with van der Waals surface area (Å²) in [6.45, 7) is 1.67. The van der Waals surface area contributed by atoms with Gasteiger partial charge in [0.15, 0.2) is 6.54 Å². The average Bonchev–Trinajstić information content (AvgIpc) is 2.42. The van der Waals surface area contributed by atoms with E-state index in [4.69, 9.17) is 0 Å². The fourth-order valence-electron chi connectivity index (χ4n) is 1.62. The molecule has 1 aromatic carbocycles. The van der Waals surface area contributed by atoms with Crippen LogP contribution in [0.4, 0.5) is 8.78 Å². The molecule has 7 heteroatoms. The molecule has 110 valence electrons. The fraction of sp³-hybridized carbons (Fsp3) is 0.385. The Balaban J connectivity index is 2.44. The lowest BCUT2D eigenvalue weighted by molar-refractivity contribution is -0.682. The summed E-state index contributed by atoms with van der Waals surface area (Å²) in [5.74, 6) is -1.90. The lowest BCUT2D eigenvalue weighted by atomic mass is 10.1. The SMILES string of the molecule is CNC(=O)CNC(=O)C[NH2+][C@@H](C)c1ccc(F)cc1F. The molecule has 4 N–H and O–H groups in total. The Morgan fingerprint density at radius 2 is 2.00 bits per heavy atom. The summed E-state index contributed by atoms with van der Waals surface area (Å²) in [6, 6.07) is 3.01. The zero-order valence-corrected chi connectivity index (χ0v) is 11.4. The molecule has 0 aliphatic carbocycles. The molecule has 1 atom stereocenters. The highest BCUT2D eigenvalue weighted by atomic mass is 19.1. The zero-order chi connectivity index (χ0) is 15.1. The lowest BCUT2D eigenvalue weighted by Crippen LogP contribution is -2.87. The van der Waals surface area contributed by atoms with Gasteiger partial charge in [-0.1, -0.05) is 0 Å². The molecule has 0 fully saturated rings. The molecule has 20 heavy (non-hydrogen) atoms. The molecule has 0 aromatic heterocycles. The Morgan fingerprint density at radius 3 is 2.60 bits per heavy atom. The van der Waals surface area contributed by atoms with Crippen LogP contribution in [0.1, 0.15) is 18.5 Å². The summed E-state index contributed by atoms with van der Waals surface area (Å²) >= 11 is 0. The van der Waals surface area contributed by atoms with Gasteiger partial charge in [0, 0.05) is 18.7 Å². The first-order chi connectivity index (χ1) is 9.43. The van der Waals surface area contributed by atoms with Gasteiger partial charge in [-0.05, 0) is 19.1 Å². The minimum absolute atomic E-state index is 0.0506. The van der Waals surface area contributed by atoms with E-state index in [2.05, 4.69) is 10.6 Å². The van der Waals surface area contributed by atoms with Crippen LogP contribution in [0.2, 0.25) is 0 Å². The van der Waals surface area contributed by atoms with Gasteiger partial charge < -0.3 is 16.0 Å². The second kappa shape index (κ2) is 7.54. The first-order valence-electron chi connectivity index (χ1n) is 6.19. The van der Waals surface area contributed by atoms with Crippen LogP contribution in [0.3, 0.4) is 0 Å². The summed E-state index contributed by atoms with van der Waals surface area (Å²) in [5, 5.41) is 6.41. The normalized spacial score (nSPS) is 11.8. The minimum atomic E-state index is -0.639. The lowest BCUT2D eigenvalue weighted by Gasteiger charge is -2.12. The van der Waals surface area contributed by atoms with Crippen LogP contribution in [-0.2, 0) is 9.59 Å². The third-order valence-electron chi connectivity index (χ3n) is 2.83. The Morgan fingerprint density at radius 1 is 1.30 bits per heavy atom. The van der Waals surface area contributed by atoms with Crippen molar-refractivity contribution < 1.29 is 23.7 Å². The van der Waals surface area contributed by atoms with Crippen LogP contribution in [0.15, 0.2) is 18.2 Å². The number of rotatable bonds is 6. The molecule has 0 saturated carbocycles. The largest absolute Gasteiger partial charge is 0.358 e. The van der Waals surface area contributed by atoms with Crippen molar-refractivity contribution in [1.82, 2.24) is 10.6 Å². The molecule has 0 aliphatic rings. The molecule has 2 amide bonds. The highest BCUT2D eigenvalue weighted by Gasteiger charge is 2.16.